The first-order valence-corrected chi connectivity index (χ1v) is 10.4. The minimum atomic E-state index is -0.272. The minimum absolute atomic E-state index is 0.101. The molecule has 0 aliphatic heterocycles. The van der Waals surface area contributed by atoms with Crippen LogP contribution in [0.1, 0.15) is 11.1 Å². The van der Waals surface area contributed by atoms with Crippen molar-refractivity contribution in [3.8, 4) is 5.75 Å². The number of aryl methyl sites for hydroxylation is 1. The Morgan fingerprint density at radius 1 is 0.938 bits per heavy atom. The number of hydrogen-bond acceptors (Lipinski definition) is 4. The molecule has 6 heteroatoms. The van der Waals surface area contributed by atoms with Gasteiger partial charge in [-0.2, -0.15) is 0 Å². The molecule has 1 aromatic heterocycles. The summed E-state index contributed by atoms with van der Waals surface area (Å²) in [7, 11) is 1.57. The van der Waals surface area contributed by atoms with Crippen LogP contribution >= 0.6 is 0 Å². The summed E-state index contributed by atoms with van der Waals surface area (Å²) in [5.74, 6) is 0.353. The number of fused-ring (bicyclic) bond motifs is 1. The van der Waals surface area contributed by atoms with Gasteiger partial charge in [-0.3, -0.25) is 14.2 Å². The maximum absolute atomic E-state index is 13.3. The number of carbonyl (C=O) groups is 1. The van der Waals surface area contributed by atoms with Crippen molar-refractivity contribution in [2.75, 3.05) is 17.7 Å². The molecule has 32 heavy (non-hydrogen) atoms. The van der Waals surface area contributed by atoms with E-state index in [0.29, 0.717) is 29.1 Å². The van der Waals surface area contributed by atoms with Crippen molar-refractivity contribution in [1.29, 1.82) is 0 Å². The molecular formula is C26H25N3O3. The van der Waals surface area contributed by atoms with Gasteiger partial charge in [-0.25, -0.2) is 0 Å². The van der Waals surface area contributed by atoms with Gasteiger partial charge in [0, 0.05) is 29.5 Å². The van der Waals surface area contributed by atoms with E-state index in [0.717, 1.165) is 11.1 Å². The predicted molar refractivity (Wildman–Crippen MR) is 128 cm³/mol. The van der Waals surface area contributed by atoms with E-state index in [1.54, 1.807) is 13.2 Å². The fourth-order valence-electron chi connectivity index (χ4n) is 3.56. The lowest BCUT2D eigenvalue weighted by Crippen LogP contribution is -2.30. The van der Waals surface area contributed by atoms with Gasteiger partial charge < -0.3 is 15.4 Å². The van der Waals surface area contributed by atoms with Gasteiger partial charge in [0.15, 0.2) is 0 Å². The summed E-state index contributed by atoms with van der Waals surface area (Å²) < 4.78 is 6.84. The smallest absolute Gasteiger partial charge is 0.256 e. The van der Waals surface area contributed by atoms with Crippen LogP contribution in [-0.2, 0) is 17.9 Å². The first-order valence-electron chi connectivity index (χ1n) is 10.4. The van der Waals surface area contributed by atoms with E-state index in [1.807, 2.05) is 79.7 Å². The van der Waals surface area contributed by atoms with Crippen LogP contribution in [0.2, 0.25) is 0 Å². The minimum Gasteiger partial charge on any atom is -0.497 e. The molecular weight excluding hydrogens is 402 g/mol. The van der Waals surface area contributed by atoms with Crippen LogP contribution in [0, 0.1) is 6.92 Å². The maximum Gasteiger partial charge on any atom is 0.256 e. The second-order valence-corrected chi connectivity index (χ2v) is 7.62. The highest BCUT2D eigenvalue weighted by molar-refractivity contribution is 5.92. The Morgan fingerprint density at radius 2 is 1.69 bits per heavy atom. The topological polar surface area (TPSA) is 72.4 Å². The van der Waals surface area contributed by atoms with Gasteiger partial charge in [-0.1, -0.05) is 35.9 Å². The lowest BCUT2D eigenvalue weighted by molar-refractivity contribution is -0.116. The number of benzene rings is 3. The van der Waals surface area contributed by atoms with E-state index in [1.165, 1.54) is 10.1 Å². The van der Waals surface area contributed by atoms with Crippen LogP contribution in [0.25, 0.3) is 10.9 Å². The van der Waals surface area contributed by atoms with E-state index in [-0.39, 0.29) is 18.0 Å². The Bertz CT molecular complexity index is 1300. The number of aromatic nitrogens is 1. The monoisotopic (exact) mass is 427 g/mol. The first-order chi connectivity index (χ1) is 15.5. The van der Waals surface area contributed by atoms with Crippen molar-refractivity contribution in [2.24, 2.45) is 0 Å². The number of ether oxygens (including phenoxy) is 1. The van der Waals surface area contributed by atoms with Gasteiger partial charge in [0.2, 0.25) is 5.91 Å². The average Bonchev–Trinajstić information content (AvgIpc) is 2.81. The summed E-state index contributed by atoms with van der Waals surface area (Å²) in [5.41, 5.74) is 3.80. The molecule has 1 amide bonds. The fourth-order valence-corrected chi connectivity index (χ4v) is 3.56. The molecule has 0 aliphatic carbocycles. The molecule has 0 atom stereocenters. The molecule has 0 radical (unpaired) electrons. The van der Waals surface area contributed by atoms with Gasteiger partial charge in [0.05, 0.1) is 12.6 Å². The molecule has 0 saturated heterocycles. The molecule has 6 nitrogen and oxygen atoms in total. The summed E-state index contributed by atoms with van der Waals surface area (Å²) in [5, 5.41) is 7.01. The van der Waals surface area contributed by atoms with Crippen LogP contribution in [0.15, 0.2) is 83.7 Å². The van der Waals surface area contributed by atoms with Crippen LogP contribution in [0.4, 0.5) is 11.4 Å². The summed E-state index contributed by atoms with van der Waals surface area (Å²) in [6.45, 7) is 2.28. The van der Waals surface area contributed by atoms with Crippen molar-refractivity contribution in [2.45, 2.75) is 20.0 Å². The Labute approximate surface area is 186 Å². The SMILES string of the molecule is COc1ccc2cc(CNc3ccc(C)cc3)c(=O)n(CC(=O)Nc3ccccc3)c2c1. The molecule has 0 spiro atoms. The number of hydrogen-bond donors (Lipinski definition) is 2. The largest absolute Gasteiger partial charge is 0.497 e. The highest BCUT2D eigenvalue weighted by Gasteiger charge is 2.14. The van der Waals surface area contributed by atoms with Crippen molar-refractivity contribution in [1.82, 2.24) is 4.57 Å². The number of pyridine rings is 1. The molecule has 0 aliphatic rings. The van der Waals surface area contributed by atoms with E-state index in [2.05, 4.69) is 10.6 Å². The number of nitrogens with one attached hydrogen (secondary N) is 2. The molecule has 0 fully saturated rings. The Kier molecular flexibility index (Phi) is 6.22. The quantitative estimate of drug-likeness (QED) is 0.453. The van der Waals surface area contributed by atoms with E-state index >= 15 is 0 Å². The number of para-hydroxylation sites is 1. The number of nitrogens with zero attached hydrogens (tertiary/aromatic N) is 1. The number of carbonyl (C=O) groups excluding carboxylic acids is 1. The normalized spacial score (nSPS) is 10.7. The van der Waals surface area contributed by atoms with Crippen molar-refractivity contribution < 1.29 is 9.53 Å². The molecule has 0 unspecified atom stereocenters. The van der Waals surface area contributed by atoms with E-state index in [9.17, 15) is 9.59 Å². The lowest BCUT2D eigenvalue weighted by Gasteiger charge is -2.15. The predicted octanol–water partition coefficient (Wildman–Crippen LogP) is 4.57. The third-order valence-corrected chi connectivity index (χ3v) is 5.27. The van der Waals surface area contributed by atoms with Crippen LogP contribution in [0.3, 0.4) is 0 Å². The highest BCUT2D eigenvalue weighted by atomic mass is 16.5. The van der Waals surface area contributed by atoms with E-state index in [4.69, 9.17) is 4.74 Å². The zero-order chi connectivity index (χ0) is 22.5. The van der Waals surface area contributed by atoms with Gasteiger partial charge in [-0.15, -0.1) is 0 Å². The third kappa shape index (κ3) is 4.81. The molecule has 0 saturated carbocycles. The number of anilines is 2. The summed E-state index contributed by atoms with van der Waals surface area (Å²) in [6, 6.07) is 24.6. The first kappa shape index (κ1) is 21.2. The Hall–Kier alpha value is -4.06. The van der Waals surface area contributed by atoms with Crippen molar-refractivity contribution in [3.05, 3.63) is 100 Å². The van der Waals surface area contributed by atoms with Crippen LogP contribution in [0.5, 0.6) is 5.75 Å². The van der Waals surface area contributed by atoms with Crippen molar-refractivity contribution in [3.63, 3.8) is 0 Å². The van der Waals surface area contributed by atoms with Gasteiger partial charge in [-0.05, 0) is 54.8 Å². The summed E-state index contributed by atoms with van der Waals surface area (Å²) in [4.78, 5) is 26.1. The second-order valence-electron chi connectivity index (χ2n) is 7.62. The zero-order valence-electron chi connectivity index (χ0n) is 18.1. The second kappa shape index (κ2) is 9.39. The zero-order valence-corrected chi connectivity index (χ0v) is 18.1. The fraction of sp³-hybridized carbons (Fsp3) is 0.154. The molecule has 162 valence electrons. The van der Waals surface area contributed by atoms with Gasteiger partial charge in [0.1, 0.15) is 12.3 Å². The number of methoxy groups -OCH3 is 1. The number of rotatable bonds is 7. The maximum atomic E-state index is 13.3. The van der Waals surface area contributed by atoms with Crippen molar-refractivity contribution >= 4 is 28.2 Å². The Morgan fingerprint density at radius 3 is 2.41 bits per heavy atom. The molecule has 0 bridgehead atoms. The van der Waals surface area contributed by atoms with Crippen LogP contribution in [-0.4, -0.2) is 17.6 Å². The van der Waals surface area contributed by atoms with Crippen LogP contribution < -0.4 is 20.9 Å². The molecule has 4 rings (SSSR count). The molecule has 1 heterocycles. The standard InChI is InChI=1S/C26H25N3O3/c1-18-8-11-21(12-9-18)27-16-20-14-19-10-13-23(32-2)15-24(19)29(26(20)31)17-25(30)28-22-6-4-3-5-7-22/h3-15,27H,16-17H2,1-2H3,(H,28,30). The van der Waals surface area contributed by atoms with Gasteiger partial charge in [0.25, 0.3) is 5.56 Å². The van der Waals surface area contributed by atoms with Gasteiger partial charge >= 0.3 is 0 Å². The highest BCUT2D eigenvalue weighted by Crippen LogP contribution is 2.21. The average molecular weight is 428 g/mol. The number of amides is 1. The Balaban J connectivity index is 1.67. The summed E-state index contributed by atoms with van der Waals surface area (Å²) >= 11 is 0. The molecule has 4 aromatic rings. The van der Waals surface area contributed by atoms with E-state index < -0.39 is 0 Å². The summed E-state index contributed by atoms with van der Waals surface area (Å²) in [6.07, 6.45) is 0. The third-order valence-electron chi connectivity index (χ3n) is 5.27. The molecule has 2 N–H and O–H groups in total. The molecule has 3 aromatic carbocycles. The lowest BCUT2D eigenvalue weighted by atomic mass is 10.1.